The summed E-state index contributed by atoms with van der Waals surface area (Å²) in [4.78, 5) is 0. The molecule has 0 amide bonds. The Hall–Kier alpha value is -0.860. The van der Waals surface area contributed by atoms with Crippen LogP contribution in [0.2, 0.25) is 0 Å². The zero-order valence-corrected chi connectivity index (χ0v) is 12.9. The molecule has 2 rings (SSSR count). The standard InChI is InChI=1S/C17H27NO/c1-12-7-6-8-13(2)15(12)16-14(9-10-19-16)11-18-17(3,4)5/h6-8,14,16,18H,9-11H2,1-5H3. The van der Waals surface area contributed by atoms with Gasteiger partial charge in [0.25, 0.3) is 0 Å². The molecule has 1 aromatic rings. The number of rotatable bonds is 3. The first-order valence-electron chi connectivity index (χ1n) is 7.31. The van der Waals surface area contributed by atoms with E-state index in [9.17, 15) is 0 Å². The minimum Gasteiger partial charge on any atom is -0.373 e. The highest BCUT2D eigenvalue weighted by molar-refractivity contribution is 5.36. The molecule has 106 valence electrons. The number of nitrogens with one attached hydrogen (secondary N) is 1. The first kappa shape index (κ1) is 14.5. The highest BCUT2D eigenvalue weighted by Crippen LogP contribution is 2.37. The van der Waals surface area contributed by atoms with E-state index in [0.29, 0.717) is 5.92 Å². The Balaban J connectivity index is 2.15. The van der Waals surface area contributed by atoms with E-state index in [2.05, 4.69) is 58.1 Å². The van der Waals surface area contributed by atoms with Crippen molar-refractivity contribution in [3.63, 3.8) is 0 Å². The largest absolute Gasteiger partial charge is 0.373 e. The second-order valence-corrected chi connectivity index (χ2v) is 6.78. The van der Waals surface area contributed by atoms with E-state index < -0.39 is 0 Å². The van der Waals surface area contributed by atoms with Crippen molar-refractivity contribution >= 4 is 0 Å². The molecule has 0 radical (unpaired) electrons. The van der Waals surface area contributed by atoms with Crippen molar-refractivity contribution in [1.29, 1.82) is 0 Å². The maximum absolute atomic E-state index is 6.04. The zero-order valence-electron chi connectivity index (χ0n) is 12.9. The van der Waals surface area contributed by atoms with Crippen LogP contribution in [-0.2, 0) is 4.74 Å². The summed E-state index contributed by atoms with van der Waals surface area (Å²) in [6.45, 7) is 13.0. The third-order valence-electron chi connectivity index (χ3n) is 3.94. The third kappa shape index (κ3) is 3.58. The fourth-order valence-electron chi connectivity index (χ4n) is 2.88. The van der Waals surface area contributed by atoms with Gasteiger partial charge in [-0.15, -0.1) is 0 Å². The molecular weight excluding hydrogens is 234 g/mol. The molecule has 1 aliphatic heterocycles. The van der Waals surface area contributed by atoms with E-state index in [1.54, 1.807) is 0 Å². The van der Waals surface area contributed by atoms with Crippen LogP contribution in [0.25, 0.3) is 0 Å². The molecular formula is C17H27NO. The molecule has 19 heavy (non-hydrogen) atoms. The Kier molecular flexibility index (Phi) is 4.32. The predicted molar refractivity (Wildman–Crippen MR) is 80.5 cm³/mol. The highest BCUT2D eigenvalue weighted by Gasteiger charge is 2.32. The van der Waals surface area contributed by atoms with Gasteiger partial charge in [-0.3, -0.25) is 0 Å². The summed E-state index contributed by atoms with van der Waals surface area (Å²) >= 11 is 0. The molecule has 1 aliphatic rings. The molecule has 1 saturated heterocycles. The van der Waals surface area contributed by atoms with Gasteiger partial charge in [0.2, 0.25) is 0 Å². The van der Waals surface area contributed by atoms with Crippen LogP contribution in [0.3, 0.4) is 0 Å². The van der Waals surface area contributed by atoms with Crippen molar-refractivity contribution in [3.05, 3.63) is 34.9 Å². The van der Waals surface area contributed by atoms with Gasteiger partial charge in [0.15, 0.2) is 0 Å². The summed E-state index contributed by atoms with van der Waals surface area (Å²) in [6.07, 6.45) is 1.41. The van der Waals surface area contributed by atoms with Gasteiger partial charge in [0.05, 0.1) is 6.10 Å². The normalized spacial score (nSPS) is 23.8. The molecule has 0 bridgehead atoms. The van der Waals surface area contributed by atoms with Gasteiger partial charge >= 0.3 is 0 Å². The number of hydrogen-bond donors (Lipinski definition) is 1. The van der Waals surface area contributed by atoms with Crippen molar-refractivity contribution in [3.8, 4) is 0 Å². The molecule has 2 unspecified atom stereocenters. The summed E-state index contributed by atoms with van der Waals surface area (Å²) in [5.74, 6) is 0.582. The first-order valence-corrected chi connectivity index (χ1v) is 7.31. The number of hydrogen-bond acceptors (Lipinski definition) is 2. The quantitative estimate of drug-likeness (QED) is 0.894. The molecule has 0 aromatic heterocycles. The van der Waals surface area contributed by atoms with Gasteiger partial charge in [-0.25, -0.2) is 0 Å². The molecule has 0 spiro atoms. The van der Waals surface area contributed by atoms with Gasteiger partial charge in [-0.1, -0.05) is 18.2 Å². The molecule has 0 aliphatic carbocycles. The van der Waals surface area contributed by atoms with Crippen LogP contribution in [0.4, 0.5) is 0 Å². The van der Waals surface area contributed by atoms with Gasteiger partial charge in [0, 0.05) is 24.6 Å². The van der Waals surface area contributed by atoms with E-state index >= 15 is 0 Å². The Labute approximate surface area is 117 Å². The van der Waals surface area contributed by atoms with Crippen LogP contribution in [0, 0.1) is 19.8 Å². The monoisotopic (exact) mass is 261 g/mol. The van der Waals surface area contributed by atoms with Gasteiger partial charge in [0.1, 0.15) is 0 Å². The molecule has 1 heterocycles. The van der Waals surface area contributed by atoms with Crippen molar-refractivity contribution in [2.24, 2.45) is 5.92 Å². The fraction of sp³-hybridized carbons (Fsp3) is 0.647. The van der Waals surface area contributed by atoms with Crippen LogP contribution >= 0.6 is 0 Å². The van der Waals surface area contributed by atoms with Crippen LogP contribution in [-0.4, -0.2) is 18.7 Å². The average Bonchev–Trinajstić information content (AvgIpc) is 2.73. The molecule has 2 nitrogen and oxygen atoms in total. The summed E-state index contributed by atoms with van der Waals surface area (Å²) in [5.41, 5.74) is 4.29. The third-order valence-corrected chi connectivity index (χ3v) is 3.94. The number of ether oxygens (including phenoxy) is 1. The topological polar surface area (TPSA) is 21.3 Å². The molecule has 1 fully saturated rings. The summed E-state index contributed by atoms with van der Waals surface area (Å²) < 4.78 is 6.04. The summed E-state index contributed by atoms with van der Waals surface area (Å²) in [6, 6.07) is 6.52. The van der Waals surface area contributed by atoms with E-state index in [1.807, 2.05) is 0 Å². The number of benzene rings is 1. The van der Waals surface area contributed by atoms with Crippen LogP contribution < -0.4 is 5.32 Å². The van der Waals surface area contributed by atoms with E-state index in [0.717, 1.165) is 19.6 Å². The molecule has 0 saturated carbocycles. The molecule has 1 aromatic carbocycles. The van der Waals surface area contributed by atoms with Crippen LogP contribution in [0.15, 0.2) is 18.2 Å². The van der Waals surface area contributed by atoms with Gasteiger partial charge in [-0.05, 0) is 57.7 Å². The Bertz CT molecular complexity index is 413. The van der Waals surface area contributed by atoms with Crippen molar-refractivity contribution < 1.29 is 4.74 Å². The van der Waals surface area contributed by atoms with Crippen LogP contribution in [0.1, 0.15) is 50.0 Å². The van der Waals surface area contributed by atoms with E-state index in [1.165, 1.54) is 16.7 Å². The zero-order chi connectivity index (χ0) is 14.0. The average molecular weight is 261 g/mol. The highest BCUT2D eigenvalue weighted by atomic mass is 16.5. The molecule has 2 heteroatoms. The van der Waals surface area contributed by atoms with Gasteiger partial charge in [-0.2, -0.15) is 0 Å². The van der Waals surface area contributed by atoms with Crippen LogP contribution in [0.5, 0.6) is 0 Å². The Morgan fingerprint density at radius 2 is 1.84 bits per heavy atom. The lowest BCUT2D eigenvalue weighted by molar-refractivity contribution is 0.0879. The maximum Gasteiger partial charge on any atom is 0.0871 e. The Morgan fingerprint density at radius 1 is 1.21 bits per heavy atom. The number of aryl methyl sites for hydroxylation is 2. The summed E-state index contributed by atoms with van der Waals surface area (Å²) in [7, 11) is 0. The van der Waals surface area contributed by atoms with Crippen molar-refractivity contribution in [1.82, 2.24) is 5.32 Å². The summed E-state index contributed by atoms with van der Waals surface area (Å²) in [5, 5.41) is 3.62. The van der Waals surface area contributed by atoms with Gasteiger partial charge < -0.3 is 10.1 Å². The first-order chi connectivity index (χ1) is 8.88. The maximum atomic E-state index is 6.04. The van der Waals surface area contributed by atoms with Crippen molar-refractivity contribution in [2.75, 3.05) is 13.2 Å². The lowest BCUT2D eigenvalue weighted by Gasteiger charge is -2.27. The second-order valence-electron chi connectivity index (χ2n) is 6.78. The lowest BCUT2D eigenvalue weighted by Crippen LogP contribution is -2.39. The van der Waals surface area contributed by atoms with Crippen molar-refractivity contribution in [2.45, 2.75) is 52.7 Å². The smallest absolute Gasteiger partial charge is 0.0871 e. The molecule has 1 N–H and O–H groups in total. The van der Waals surface area contributed by atoms with E-state index in [-0.39, 0.29) is 11.6 Å². The molecule has 2 atom stereocenters. The van der Waals surface area contributed by atoms with E-state index in [4.69, 9.17) is 4.74 Å². The minimum absolute atomic E-state index is 0.175. The second kappa shape index (κ2) is 5.64. The Morgan fingerprint density at radius 3 is 2.42 bits per heavy atom. The SMILES string of the molecule is Cc1cccc(C)c1C1OCCC1CNC(C)(C)C. The fourth-order valence-corrected chi connectivity index (χ4v) is 2.88. The lowest BCUT2D eigenvalue weighted by atomic mass is 9.89. The minimum atomic E-state index is 0.175. The predicted octanol–water partition coefficient (Wildman–Crippen LogP) is 3.77.